The van der Waals surface area contributed by atoms with Crippen LogP contribution in [0.5, 0.6) is 0 Å². The number of hydrogen-bond donors (Lipinski definition) is 0. The van der Waals surface area contributed by atoms with Gasteiger partial charge in [-0.15, -0.1) is 0 Å². The number of esters is 1. The molecule has 0 N–H and O–H groups in total. The lowest BCUT2D eigenvalue weighted by Gasteiger charge is -2.12. The van der Waals surface area contributed by atoms with Gasteiger partial charge in [0.05, 0.1) is 18.8 Å². The fourth-order valence-electron chi connectivity index (χ4n) is 1.45. The van der Waals surface area contributed by atoms with Crippen molar-refractivity contribution in [1.82, 2.24) is 0 Å². The lowest BCUT2D eigenvalue weighted by atomic mass is 10.00. The Morgan fingerprint density at radius 1 is 1.33 bits per heavy atom. The summed E-state index contributed by atoms with van der Waals surface area (Å²) in [7, 11) is 1.59. The minimum Gasteiger partial charge on any atom is -0.463 e. The topological polar surface area (TPSA) is 35.5 Å². The van der Waals surface area contributed by atoms with Gasteiger partial charge in [0, 0.05) is 7.11 Å². The quantitative estimate of drug-likeness (QED) is 0.503. The van der Waals surface area contributed by atoms with Crippen molar-refractivity contribution < 1.29 is 14.3 Å². The molecule has 0 bridgehead atoms. The molecule has 0 aromatic rings. The molecule has 0 atom stereocenters. The first kappa shape index (κ1) is 14.2. The number of allylic oxidation sites excluding steroid dienone is 1. The third-order valence-corrected chi connectivity index (χ3v) is 2.04. The summed E-state index contributed by atoms with van der Waals surface area (Å²) in [4.78, 5) is 11.6. The van der Waals surface area contributed by atoms with Crippen LogP contribution in [-0.2, 0) is 14.3 Å². The van der Waals surface area contributed by atoms with Gasteiger partial charge in [-0.25, -0.2) is 4.79 Å². The smallest absolute Gasteiger partial charge is 0.336 e. The molecule has 0 aromatic carbocycles. The zero-order valence-electron chi connectivity index (χ0n) is 10.4. The summed E-state index contributed by atoms with van der Waals surface area (Å²) < 4.78 is 10.00. The molecule has 0 fully saturated rings. The van der Waals surface area contributed by atoms with Crippen LogP contribution in [0.25, 0.3) is 0 Å². The van der Waals surface area contributed by atoms with E-state index in [1.807, 2.05) is 6.92 Å². The molecule has 88 valence electrons. The van der Waals surface area contributed by atoms with Gasteiger partial charge in [-0.2, -0.15) is 0 Å². The normalized spacial score (nSPS) is 12.7. The molecule has 0 heterocycles. The molecule has 0 aromatic heterocycles. The Balaban J connectivity index is 4.67. The van der Waals surface area contributed by atoms with Gasteiger partial charge in [0.2, 0.25) is 0 Å². The molecule has 0 saturated carbocycles. The molecule has 0 amide bonds. The first-order valence-electron chi connectivity index (χ1n) is 5.37. The molecule has 0 rings (SSSR count). The van der Waals surface area contributed by atoms with Crippen LogP contribution in [0.1, 0.15) is 34.1 Å². The minimum atomic E-state index is -0.252. The van der Waals surface area contributed by atoms with Gasteiger partial charge in [-0.1, -0.05) is 19.4 Å². The van der Waals surface area contributed by atoms with E-state index in [0.29, 0.717) is 24.7 Å². The van der Waals surface area contributed by atoms with Crippen LogP contribution >= 0.6 is 0 Å². The number of rotatable bonds is 6. The van der Waals surface area contributed by atoms with Crippen molar-refractivity contribution in [3.05, 3.63) is 11.1 Å². The monoisotopic (exact) mass is 214 g/mol. The molecule has 3 heteroatoms. The molecule has 15 heavy (non-hydrogen) atoms. The van der Waals surface area contributed by atoms with Gasteiger partial charge < -0.3 is 9.47 Å². The predicted octanol–water partition coefficient (Wildman–Crippen LogP) is 2.56. The predicted molar refractivity (Wildman–Crippen MR) is 60.7 cm³/mol. The van der Waals surface area contributed by atoms with Gasteiger partial charge in [0.15, 0.2) is 0 Å². The Kier molecular flexibility index (Phi) is 7.05. The lowest BCUT2D eigenvalue weighted by molar-refractivity contribution is -0.139. The number of carbonyl (C=O) groups is 1. The Labute approximate surface area is 92.5 Å². The van der Waals surface area contributed by atoms with Crippen LogP contribution in [0.3, 0.4) is 0 Å². The third kappa shape index (κ3) is 5.57. The number of ether oxygens (including phenoxy) is 2. The second-order valence-electron chi connectivity index (χ2n) is 4.01. The molecular formula is C12H22O3. The molecule has 0 aliphatic carbocycles. The minimum absolute atomic E-state index is 0.252. The maximum Gasteiger partial charge on any atom is 0.336 e. The van der Waals surface area contributed by atoms with Crippen molar-refractivity contribution >= 4 is 5.97 Å². The van der Waals surface area contributed by atoms with Crippen molar-refractivity contribution in [2.24, 2.45) is 5.92 Å². The van der Waals surface area contributed by atoms with E-state index in [1.54, 1.807) is 14.0 Å². The summed E-state index contributed by atoms with van der Waals surface area (Å²) >= 11 is 0. The third-order valence-electron chi connectivity index (χ3n) is 2.04. The van der Waals surface area contributed by atoms with Gasteiger partial charge in [-0.3, -0.25) is 0 Å². The lowest BCUT2D eigenvalue weighted by Crippen LogP contribution is -2.14. The Morgan fingerprint density at radius 2 is 1.93 bits per heavy atom. The van der Waals surface area contributed by atoms with Crippen molar-refractivity contribution in [2.75, 3.05) is 20.3 Å². The van der Waals surface area contributed by atoms with E-state index in [2.05, 4.69) is 13.8 Å². The fraction of sp³-hybridized carbons (Fsp3) is 0.750. The highest BCUT2D eigenvalue weighted by molar-refractivity contribution is 5.89. The molecule has 3 nitrogen and oxygen atoms in total. The van der Waals surface area contributed by atoms with Crippen LogP contribution in [0, 0.1) is 5.92 Å². The van der Waals surface area contributed by atoms with Gasteiger partial charge in [0.1, 0.15) is 0 Å². The first-order valence-corrected chi connectivity index (χ1v) is 5.37. The maximum atomic E-state index is 11.6. The van der Waals surface area contributed by atoms with Crippen molar-refractivity contribution in [3.8, 4) is 0 Å². The van der Waals surface area contributed by atoms with E-state index in [4.69, 9.17) is 9.47 Å². The molecule has 0 radical (unpaired) electrons. The molecule has 0 unspecified atom stereocenters. The zero-order valence-corrected chi connectivity index (χ0v) is 10.4. The first-order chi connectivity index (χ1) is 7.02. The highest BCUT2D eigenvalue weighted by Gasteiger charge is 2.14. The Bertz CT molecular complexity index is 229. The average molecular weight is 214 g/mol. The van der Waals surface area contributed by atoms with E-state index in [-0.39, 0.29) is 5.97 Å². The summed E-state index contributed by atoms with van der Waals surface area (Å²) in [5.41, 5.74) is 1.72. The summed E-state index contributed by atoms with van der Waals surface area (Å²) in [5, 5.41) is 0. The van der Waals surface area contributed by atoms with E-state index in [9.17, 15) is 4.79 Å². The second kappa shape index (κ2) is 7.46. The molecule has 0 aliphatic heterocycles. The van der Waals surface area contributed by atoms with Crippen LogP contribution in [-0.4, -0.2) is 26.3 Å². The summed E-state index contributed by atoms with van der Waals surface area (Å²) in [5.74, 6) is 0.281. The van der Waals surface area contributed by atoms with Gasteiger partial charge >= 0.3 is 5.97 Å². The van der Waals surface area contributed by atoms with E-state index < -0.39 is 0 Å². The van der Waals surface area contributed by atoms with Crippen molar-refractivity contribution in [2.45, 2.75) is 34.1 Å². The van der Waals surface area contributed by atoms with E-state index in [1.165, 1.54) is 0 Å². The van der Waals surface area contributed by atoms with Crippen molar-refractivity contribution in [3.63, 3.8) is 0 Å². The van der Waals surface area contributed by atoms with Crippen LogP contribution < -0.4 is 0 Å². The van der Waals surface area contributed by atoms with Crippen LogP contribution in [0.4, 0.5) is 0 Å². The van der Waals surface area contributed by atoms with Crippen molar-refractivity contribution in [1.29, 1.82) is 0 Å². The van der Waals surface area contributed by atoms with Crippen LogP contribution in [0.15, 0.2) is 11.1 Å². The SMILES string of the molecule is CCOC(=O)C(COC)=C(C)CC(C)C. The standard InChI is InChI=1S/C12H22O3/c1-6-15-12(13)11(8-14-5)10(4)7-9(2)3/h9H,6-8H2,1-5H3. The number of hydrogen-bond acceptors (Lipinski definition) is 3. The maximum absolute atomic E-state index is 11.6. The number of methoxy groups -OCH3 is 1. The van der Waals surface area contributed by atoms with Crippen LogP contribution in [0.2, 0.25) is 0 Å². The molecule has 0 saturated heterocycles. The summed E-state index contributed by atoms with van der Waals surface area (Å²) in [6.45, 7) is 8.75. The van der Waals surface area contributed by atoms with Gasteiger partial charge in [0.25, 0.3) is 0 Å². The molecule has 0 aliphatic rings. The fourth-order valence-corrected chi connectivity index (χ4v) is 1.45. The highest BCUT2D eigenvalue weighted by atomic mass is 16.5. The largest absolute Gasteiger partial charge is 0.463 e. The summed E-state index contributed by atoms with van der Waals surface area (Å²) in [6.07, 6.45) is 0.900. The highest BCUT2D eigenvalue weighted by Crippen LogP contribution is 2.16. The molecular weight excluding hydrogens is 192 g/mol. The van der Waals surface area contributed by atoms with E-state index >= 15 is 0 Å². The Hall–Kier alpha value is -0.830. The van der Waals surface area contributed by atoms with Gasteiger partial charge in [-0.05, 0) is 26.2 Å². The van der Waals surface area contributed by atoms with E-state index in [0.717, 1.165) is 12.0 Å². The summed E-state index contributed by atoms with van der Waals surface area (Å²) in [6, 6.07) is 0. The second-order valence-corrected chi connectivity index (χ2v) is 4.01. The number of carbonyl (C=O) groups excluding carboxylic acids is 1. The average Bonchev–Trinajstić information content (AvgIpc) is 2.13. The Morgan fingerprint density at radius 3 is 2.33 bits per heavy atom. The molecule has 0 spiro atoms. The zero-order chi connectivity index (χ0) is 11.8.